The lowest BCUT2D eigenvalue weighted by atomic mass is 9.97. The van der Waals surface area contributed by atoms with E-state index in [2.05, 4.69) is 56.6 Å². The first-order valence-electron chi connectivity index (χ1n) is 6.88. The Morgan fingerprint density at radius 1 is 0.870 bits per heavy atom. The Morgan fingerprint density at radius 2 is 1.57 bits per heavy atom. The van der Waals surface area contributed by atoms with E-state index in [1.165, 1.54) is 0 Å². The maximum absolute atomic E-state index is 12.8. The van der Waals surface area contributed by atoms with Crippen molar-refractivity contribution in [3.8, 4) is 0 Å². The number of Topliss-reactive ketones (excluding diaryl/α,β-unsaturated/α-hetero) is 1. The van der Waals surface area contributed by atoms with Gasteiger partial charge in [0.05, 0.1) is 0 Å². The van der Waals surface area contributed by atoms with E-state index in [4.69, 9.17) is 0 Å². The van der Waals surface area contributed by atoms with Crippen molar-refractivity contribution in [3.05, 3.63) is 59.7 Å². The molecule has 0 amide bonds. The van der Waals surface area contributed by atoms with Crippen molar-refractivity contribution < 1.29 is 4.79 Å². The highest BCUT2D eigenvalue weighted by molar-refractivity contribution is 7.86. The summed E-state index contributed by atoms with van der Waals surface area (Å²) in [4.78, 5) is 15.2. The van der Waals surface area contributed by atoms with Crippen molar-refractivity contribution in [2.45, 2.75) is 26.0 Å². The minimum Gasteiger partial charge on any atom is -0.294 e. The van der Waals surface area contributed by atoms with Crippen LogP contribution in [0.5, 0.6) is 0 Å². The van der Waals surface area contributed by atoms with E-state index in [9.17, 15) is 4.79 Å². The third kappa shape index (κ3) is 3.29. The SMILES string of the molecule is O=C(Cc1[c]c(S)c(S)c(S)c1S)c1cccc2ccccc12. The summed E-state index contributed by atoms with van der Waals surface area (Å²) < 4.78 is 0. The molecule has 0 aliphatic carbocycles. The average Bonchev–Trinajstić information content (AvgIpc) is 2.57. The zero-order valence-electron chi connectivity index (χ0n) is 11.9. The van der Waals surface area contributed by atoms with Gasteiger partial charge in [-0.3, -0.25) is 4.79 Å². The van der Waals surface area contributed by atoms with E-state index in [0.29, 0.717) is 30.7 Å². The quantitative estimate of drug-likeness (QED) is 0.366. The van der Waals surface area contributed by atoms with Gasteiger partial charge in [0.2, 0.25) is 0 Å². The fourth-order valence-corrected chi connectivity index (χ4v) is 3.57. The predicted octanol–water partition coefficient (Wildman–Crippen LogP) is 5.22. The third-order valence-corrected chi connectivity index (χ3v) is 5.91. The second-order valence-electron chi connectivity index (χ2n) is 5.12. The van der Waals surface area contributed by atoms with E-state index in [0.717, 1.165) is 10.8 Å². The molecule has 0 atom stereocenters. The molecule has 0 saturated carbocycles. The van der Waals surface area contributed by atoms with Crippen LogP contribution in [-0.2, 0) is 6.42 Å². The molecule has 0 heterocycles. The molecule has 1 radical (unpaired) electrons. The molecule has 3 aromatic carbocycles. The predicted molar refractivity (Wildman–Crippen MR) is 106 cm³/mol. The van der Waals surface area contributed by atoms with E-state index >= 15 is 0 Å². The summed E-state index contributed by atoms with van der Waals surface area (Å²) in [5.74, 6) is 0.0146. The van der Waals surface area contributed by atoms with E-state index < -0.39 is 0 Å². The number of carbonyl (C=O) groups is 1. The van der Waals surface area contributed by atoms with Gasteiger partial charge in [0.1, 0.15) is 0 Å². The number of thiol groups is 4. The van der Waals surface area contributed by atoms with Crippen molar-refractivity contribution in [1.29, 1.82) is 0 Å². The van der Waals surface area contributed by atoms with Crippen molar-refractivity contribution in [3.63, 3.8) is 0 Å². The van der Waals surface area contributed by atoms with Crippen LogP contribution in [0.15, 0.2) is 62.0 Å². The van der Waals surface area contributed by atoms with Crippen LogP contribution in [0.4, 0.5) is 0 Å². The molecule has 0 aliphatic heterocycles. The fourth-order valence-electron chi connectivity index (χ4n) is 2.48. The van der Waals surface area contributed by atoms with Gasteiger partial charge in [0.15, 0.2) is 5.78 Å². The van der Waals surface area contributed by atoms with Crippen molar-refractivity contribution in [1.82, 2.24) is 0 Å². The van der Waals surface area contributed by atoms with Gasteiger partial charge in [0, 0.05) is 37.6 Å². The van der Waals surface area contributed by atoms with Crippen LogP contribution in [0.25, 0.3) is 10.8 Å². The van der Waals surface area contributed by atoms with Crippen LogP contribution >= 0.6 is 50.5 Å². The topological polar surface area (TPSA) is 17.1 Å². The Morgan fingerprint density at radius 3 is 2.35 bits per heavy atom. The summed E-state index contributed by atoms with van der Waals surface area (Å²) in [7, 11) is 0. The summed E-state index contributed by atoms with van der Waals surface area (Å²) in [6, 6.07) is 16.7. The van der Waals surface area contributed by atoms with Crippen LogP contribution in [0.3, 0.4) is 0 Å². The second kappa shape index (κ2) is 6.85. The Hall–Kier alpha value is -1.01. The lowest BCUT2D eigenvalue weighted by Gasteiger charge is -2.12. The average molecular weight is 374 g/mol. The van der Waals surface area contributed by atoms with Crippen molar-refractivity contribution >= 4 is 67.1 Å². The van der Waals surface area contributed by atoms with Gasteiger partial charge in [-0.05, 0) is 16.3 Å². The van der Waals surface area contributed by atoms with Crippen LogP contribution in [0.1, 0.15) is 15.9 Å². The van der Waals surface area contributed by atoms with Crippen molar-refractivity contribution in [2.24, 2.45) is 0 Å². The van der Waals surface area contributed by atoms with E-state index in [-0.39, 0.29) is 12.2 Å². The highest BCUT2D eigenvalue weighted by Gasteiger charge is 2.16. The molecule has 0 aromatic heterocycles. The molecule has 1 nitrogen and oxygen atoms in total. The van der Waals surface area contributed by atoms with Gasteiger partial charge in [0.25, 0.3) is 0 Å². The number of fused-ring (bicyclic) bond motifs is 1. The Balaban J connectivity index is 2.02. The highest BCUT2D eigenvalue weighted by atomic mass is 32.1. The molecular weight excluding hydrogens is 360 g/mol. The number of hydrogen-bond acceptors (Lipinski definition) is 5. The van der Waals surface area contributed by atoms with E-state index in [1.54, 1.807) is 0 Å². The zero-order chi connectivity index (χ0) is 16.6. The van der Waals surface area contributed by atoms with Crippen LogP contribution in [0, 0.1) is 6.07 Å². The van der Waals surface area contributed by atoms with Crippen LogP contribution < -0.4 is 0 Å². The molecule has 3 rings (SSSR count). The molecule has 0 bridgehead atoms. The maximum Gasteiger partial charge on any atom is 0.167 e. The monoisotopic (exact) mass is 373 g/mol. The van der Waals surface area contributed by atoms with Gasteiger partial charge in [-0.15, -0.1) is 50.5 Å². The van der Waals surface area contributed by atoms with Gasteiger partial charge >= 0.3 is 0 Å². The minimum atomic E-state index is 0.0146. The first-order valence-corrected chi connectivity index (χ1v) is 8.67. The van der Waals surface area contributed by atoms with Gasteiger partial charge in [-0.1, -0.05) is 42.5 Å². The molecule has 115 valence electrons. The molecule has 0 saturated heterocycles. The van der Waals surface area contributed by atoms with Gasteiger partial charge < -0.3 is 0 Å². The van der Waals surface area contributed by atoms with E-state index in [1.807, 2.05) is 42.5 Å². The summed E-state index contributed by atoms with van der Waals surface area (Å²) >= 11 is 17.5. The number of benzene rings is 3. The zero-order valence-corrected chi connectivity index (χ0v) is 15.5. The molecule has 23 heavy (non-hydrogen) atoms. The summed E-state index contributed by atoms with van der Waals surface area (Å²) in [5, 5.41) is 1.99. The number of rotatable bonds is 3. The molecular formula is C18H13OS4. The van der Waals surface area contributed by atoms with Crippen LogP contribution in [0.2, 0.25) is 0 Å². The molecule has 0 unspecified atom stereocenters. The minimum absolute atomic E-state index is 0.0146. The summed E-state index contributed by atoms with van der Waals surface area (Å²) in [6.45, 7) is 0. The molecule has 5 heteroatoms. The standard InChI is InChI=1S/C18H13OS4/c19-14(8-11-9-15(20)17(22)18(23)16(11)21)13-7-3-5-10-4-1-2-6-12(10)13/h1-7,20-23H,8H2. The number of carbonyl (C=O) groups excluding carboxylic acids is 1. The number of hydrogen-bond donors (Lipinski definition) is 4. The summed E-state index contributed by atoms with van der Waals surface area (Å²) in [6.07, 6.45) is 0.196. The first kappa shape index (κ1) is 16.8. The Kier molecular flexibility index (Phi) is 5.01. The number of ketones is 1. The normalized spacial score (nSPS) is 11.0. The first-order chi connectivity index (χ1) is 11.0. The maximum atomic E-state index is 12.8. The Bertz CT molecular complexity index is 913. The molecule has 0 aliphatic rings. The molecule has 0 fully saturated rings. The van der Waals surface area contributed by atoms with Crippen molar-refractivity contribution in [2.75, 3.05) is 0 Å². The lowest BCUT2D eigenvalue weighted by molar-refractivity contribution is 0.0993. The fraction of sp³-hybridized carbons (Fsp3) is 0.0556. The van der Waals surface area contributed by atoms with Crippen LogP contribution in [-0.4, -0.2) is 5.78 Å². The second-order valence-corrected chi connectivity index (χ2v) is 6.91. The largest absolute Gasteiger partial charge is 0.294 e. The molecule has 0 N–H and O–H groups in total. The molecule has 3 aromatic rings. The summed E-state index contributed by atoms with van der Waals surface area (Å²) in [5.41, 5.74) is 1.37. The lowest BCUT2D eigenvalue weighted by Crippen LogP contribution is -2.06. The smallest absolute Gasteiger partial charge is 0.167 e. The van der Waals surface area contributed by atoms with Gasteiger partial charge in [-0.2, -0.15) is 0 Å². The highest BCUT2D eigenvalue weighted by Crippen LogP contribution is 2.34. The van der Waals surface area contributed by atoms with Gasteiger partial charge in [-0.25, -0.2) is 0 Å². The molecule has 0 spiro atoms. The third-order valence-electron chi connectivity index (χ3n) is 3.66. The Labute approximate surface area is 157 Å².